The molecule has 8 heteroatoms. The normalized spacial score (nSPS) is 16.1. The van der Waals surface area contributed by atoms with Crippen LogP contribution in [-0.2, 0) is 16.0 Å². The van der Waals surface area contributed by atoms with Gasteiger partial charge < -0.3 is 15.6 Å². The summed E-state index contributed by atoms with van der Waals surface area (Å²) in [6.07, 6.45) is 1.06. The van der Waals surface area contributed by atoms with E-state index in [1.165, 1.54) is 6.07 Å². The fourth-order valence-electron chi connectivity index (χ4n) is 2.30. The Morgan fingerprint density at radius 2 is 1.90 bits per heavy atom. The van der Waals surface area contributed by atoms with E-state index in [1.54, 1.807) is 4.90 Å². The van der Waals surface area contributed by atoms with Gasteiger partial charge in [0.1, 0.15) is 0 Å². The molecule has 1 saturated heterocycles. The van der Waals surface area contributed by atoms with Gasteiger partial charge in [-0.2, -0.15) is 0 Å². The van der Waals surface area contributed by atoms with Gasteiger partial charge in [-0.1, -0.05) is 0 Å². The van der Waals surface area contributed by atoms with Gasteiger partial charge in [0, 0.05) is 30.8 Å². The zero-order valence-electron chi connectivity index (χ0n) is 10.8. The zero-order chi connectivity index (χ0) is 14.7. The van der Waals surface area contributed by atoms with E-state index in [2.05, 4.69) is 4.98 Å². The Morgan fingerprint density at radius 3 is 2.45 bits per heavy atom. The maximum Gasteiger partial charge on any atom is 0.325 e. The molecule has 2 rings (SSSR count). The van der Waals surface area contributed by atoms with Gasteiger partial charge >= 0.3 is 5.69 Å². The van der Waals surface area contributed by atoms with E-state index in [4.69, 9.17) is 5.73 Å². The monoisotopic (exact) mass is 280 g/mol. The molecule has 20 heavy (non-hydrogen) atoms. The first-order valence-corrected chi connectivity index (χ1v) is 6.35. The Morgan fingerprint density at radius 1 is 1.25 bits per heavy atom. The third-order valence-electron chi connectivity index (χ3n) is 3.41. The molecule has 8 nitrogen and oxygen atoms in total. The molecule has 4 N–H and O–H groups in total. The fourth-order valence-corrected chi connectivity index (χ4v) is 2.30. The molecular formula is C12H16N4O4. The van der Waals surface area contributed by atoms with E-state index in [0.29, 0.717) is 25.9 Å². The van der Waals surface area contributed by atoms with Gasteiger partial charge in [-0.25, -0.2) is 4.79 Å². The number of hydrogen-bond acceptors (Lipinski definition) is 4. The van der Waals surface area contributed by atoms with Crippen molar-refractivity contribution in [2.75, 3.05) is 13.1 Å². The average Bonchev–Trinajstić information content (AvgIpc) is 2.37. The first kappa shape index (κ1) is 14.0. The number of likely N-dealkylation sites (tertiary alicyclic amines) is 1. The highest BCUT2D eigenvalue weighted by atomic mass is 16.2. The Balaban J connectivity index is 1.97. The van der Waals surface area contributed by atoms with Crippen LogP contribution >= 0.6 is 0 Å². The van der Waals surface area contributed by atoms with E-state index in [9.17, 15) is 19.2 Å². The van der Waals surface area contributed by atoms with E-state index < -0.39 is 11.2 Å². The van der Waals surface area contributed by atoms with Crippen LogP contribution < -0.4 is 17.0 Å². The minimum Gasteiger partial charge on any atom is -0.369 e. The summed E-state index contributed by atoms with van der Waals surface area (Å²) in [6.45, 7) is 0.916. The number of nitrogens with two attached hydrogens (primary N) is 1. The van der Waals surface area contributed by atoms with Crippen molar-refractivity contribution in [3.05, 3.63) is 32.6 Å². The van der Waals surface area contributed by atoms with Gasteiger partial charge in [0.15, 0.2) is 0 Å². The smallest absolute Gasteiger partial charge is 0.325 e. The van der Waals surface area contributed by atoms with Gasteiger partial charge in [-0.05, 0) is 12.8 Å². The lowest BCUT2D eigenvalue weighted by Gasteiger charge is -2.30. The summed E-state index contributed by atoms with van der Waals surface area (Å²) in [6, 6.07) is 1.19. The SMILES string of the molecule is NC(=O)C1CCN(C(=O)Cc2cc(=O)[nH]c(=O)[nH]2)CC1. The van der Waals surface area contributed by atoms with E-state index in [-0.39, 0.29) is 29.8 Å². The molecule has 1 fully saturated rings. The molecule has 108 valence electrons. The minimum atomic E-state index is -0.632. The van der Waals surface area contributed by atoms with Crippen LogP contribution in [0, 0.1) is 5.92 Å². The predicted molar refractivity (Wildman–Crippen MR) is 69.9 cm³/mol. The minimum absolute atomic E-state index is 0.0413. The molecule has 1 aromatic heterocycles. The highest BCUT2D eigenvalue weighted by molar-refractivity contribution is 5.80. The number of H-pyrrole nitrogens is 2. The van der Waals surface area contributed by atoms with E-state index in [0.717, 1.165) is 0 Å². The third-order valence-corrected chi connectivity index (χ3v) is 3.41. The number of aromatic nitrogens is 2. The molecule has 0 bridgehead atoms. The number of carbonyl (C=O) groups excluding carboxylic acids is 2. The summed E-state index contributed by atoms with van der Waals surface area (Å²) in [7, 11) is 0. The highest BCUT2D eigenvalue weighted by Crippen LogP contribution is 2.17. The summed E-state index contributed by atoms with van der Waals surface area (Å²) in [5.41, 5.74) is 4.33. The van der Waals surface area contributed by atoms with Gasteiger partial charge in [-0.3, -0.25) is 19.4 Å². The van der Waals surface area contributed by atoms with Crippen LogP contribution in [0.1, 0.15) is 18.5 Å². The molecule has 0 saturated carbocycles. The number of piperidine rings is 1. The molecule has 2 heterocycles. The van der Waals surface area contributed by atoms with Crippen molar-refractivity contribution in [3.8, 4) is 0 Å². The van der Waals surface area contributed by atoms with Crippen molar-refractivity contribution in [1.29, 1.82) is 0 Å². The lowest BCUT2D eigenvalue weighted by molar-refractivity contribution is -0.134. The second kappa shape index (κ2) is 5.72. The van der Waals surface area contributed by atoms with Gasteiger partial charge in [0.05, 0.1) is 6.42 Å². The largest absolute Gasteiger partial charge is 0.369 e. The van der Waals surface area contributed by atoms with Crippen LogP contribution in [0.5, 0.6) is 0 Å². The molecule has 0 radical (unpaired) electrons. The second-order valence-electron chi connectivity index (χ2n) is 4.85. The highest BCUT2D eigenvalue weighted by Gasteiger charge is 2.25. The second-order valence-corrected chi connectivity index (χ2v) is 4.85. The van der Waals surface area contributed by atoms with Gasteiger partial charge in [0.25, 0.3) is 5.56 Å². The van der Waals surface area contributed by atoms with Crippen LogP contribution in [0.15, 0.2) is 15.7 Å². The number of amides is 2. The van der Waals surface area contributed by atoms with Crippen LogP contribution in [-0.4, -0.2) is 39.8 Å². The van der Waals surface area contributed by atoms with Crippen molar-refractivity contribution in [2.24, 2.45) is 11.7 Å². The van der Waals surface area contributed by atoms with Crippen molar-refractivity contribution < 1.29 is 9.59 Å². The zero-order valence-corrected chi connectivity index (χ0v) is 10.8. The molecule has 1 aliphatic heterocycles. The Labute approximate surface area is 114 Å². The first-order chi connectivity index (χ1) is 9.45. The third kappa shape index (κ3) is 3.34. The molecule has 0 atom stereocenters. The lowest BCUT2D eigenvalue weighted by Crippen LogP contribution is -2.42. The van der Waals surface area contributed by atoms with Crippen molar-refractivity contribution in [1.82, 2.24) is 14.9 Å². The van der Waals surface area contributed by atoms with Crippen LogP contribution in [0.25, 0.3) is 0 Å². The molecule has 1 aliphatic rings. The molecule has 0 unspecified atom stereocenters. The molecule has 2 amide bonds. The standard InChI is InChI=1S/C12H16N4O4/c13-11(19)7-1-3-16(4-2-7)10(18)6-8-5-9(17)15-12(20)14-8/h5,7H,1-4,6H2,(H2,13,19)(H2,14,15,17,20). The molecule has 0 aromatic carbocycles. The number of aromatic amines is 2. The van der Waals surface area contributed by atoms with Crippen LogP contribution in [0.3, 0.4) is 0 Å². The summed E-state index contributed by atoms with van der Waals surface area (Å²) < 4.78 is 0. The first-order valence-electron chi connectivity index (χ1n) is 6.35. The fraction of sp³-hybridized carbons (Fsp3) is 0.500. The Bertz CT molecular complexity index is 597. The quantitative estimate of drug-likeness (QED) is 0.611. The van der Waals surface area contributed by atoms with Crippen molar-refractivity contribution >= 4 is 11.8 Å². The molecule has 0 spiro atoms. The van der Waals surface area contributed by atoms with Crippen molar-refractivity contribution in [2.45, 2.75) is 19.3 Å². The number of hydrogen-bond donors (Lipinski definition) is 3. The molecule has 1 aromatic rings. The van der Waals surface area contributed by atoms with Crippen LogP contribution in [0.2, 0.25) is 0 Å². The van der Waals surface area contributed by atoms with Crippen molar-refractivity contribution in [3.63, 3.8) is 0 Å². The van der Waals surface area contributed by atoms with E-state index in [1.807, 2.05) is 4.98 Å². The van der Waals surface area contributed by atoms with Crippen LogP contribution in [0.4, 0.5) is 0 Å². The topological polar surface area (TPSA) is 129 Å². The summed E-state index contributed by atoms with van der Waals surface area (Å²) in [4.78, 5) is 51.4. The number of primary amides is 1. The van der Waals surface area contributed by atoms with Gasteiger partial charge in [-0.15, -0.1) is 0 Å². The molecule has 0 aliphatic carbocycles. The van der Waals surface area contributed by atoms with E-state index >= 15 is 0 Å². The Kier molecular flexibility index (Phi) is 4.02. The lowest BCUT2D eigenvalue weighted by atomic mass is 9.96. The summed E-state index contributed by atoms with van der Waals surface area (Å²) in [5, 5.41) is 0. The number of nitrogens with one attached hydrogen (secondary N) is 2. The average molecular weight is 280 g/mol. The number of nitrogens with zero attached hydrogens (tertiary/aromatic N) is 1. The number of carbonyl (C=O) groups is 2. The maximum atomic E-state index is 12.0. The predicted octanol–water partition coefficient (Wildman–Crippen LogP) is -1.67. The summed E-state index contributed by atoms with van der Waals surface area (Å²) in [5.74, 6) is -0.705. The van der Waals surface area contributed by atoms with Gasteiger partial charge in [0.2, 0.25) is 11.8 Å². The summed E-state index contributed by atoms with van der Waals surface area (Å²) >= 11 is 0. The number of rotatable bonds is 3. The Hall–Kier alpha value is -2.38. The maximum absolute atomic E-state index is 12.0. The molecular weight excluding hydrogens is 264 g/mol.